The summed E-state index contributed by atoms with van der Waals surface area (Å²) in [6.07, 6.45) is 0. The van der Waals surface area contributed by atoms with E-state index in [2.05, 4.69) is 48.5 Å². The molecule has 0 radical (unpaired) electrons. The van der Waals surface area contributed by atoms with Crippen LogP contribution in [-0.4, -0.2) is 44.0 Å². The van der Waals surface area contributed by atoms with Gasteiger partial charge in [0.05, 0.1) is 6.04 Å². The van der Waals surface area contributed by atoms with E-state index in [9.17, 15) is 4.79 Å². The summed E-state index contributed by atoms with van der Waals surface area (Å²) in [4.78, 5) is 17.6. The van der Waals surface area contributed by atoms with Gasteiger partial charge >= 0.3 is 0 Å². The first kappa shape index (κ1) is 21.7. The monoisotopic (exact) mass is 432 g/mol. The molecule has 0 fully saturated rings. The largest absolute Gasteiger partial charge is 0.356 e. The molecule has 1 unspecified atom stereocenters. The highest BCUT2D eigenvalue weighted by Gasteiger charge is 2.09. The molecule has 0 heterocycles. The van der Waals surface area contributed by atoms with Crippen molar-refractivity contribution in [3.63, 3.8) is 0 Å². The molecule has 5 nitrogen and oxygen atoms in total. The smallest absolute Gasteiger partial charge is 0.243 e. The maximum atomic E-state index is 11.7. The molecule has 0 saturated heterocycles. The van der Waals surface area contributed by atoms with Crippen LogP contribution >= 0.6 is 24.0 Å². The summed E-state index contributed by atoms with van der Waals surface area (Å²) >= 11 is 0. The van der Waals surface area contributed by atoms with Gasteiger partial charge in [0, 0.05) is 20.6 Å². The quantitative estimate of drug-likeness (QED) is 0.413. The third-order valence-electron chi connectivity index (χ3n) is 3.20. The van der Waals surface area contributed by atoms with Gasteiger partial charge in [-0.05, 0) is 18.4 Å². The summed E-state index contributed by atoms with van der Waals surface area (Å²) in [7, 11) is 3.47. The second kappa shape index (κ2) is 11.3. The number of aliphatic imine (C=N–C) groups is 1. The number of nitrogens with one attached hydrogen (secondary N) is 2. The van der Waals surface area contributed by atoms with Crippen LogP contribution in [0.3, 0.4) is 0 Å². The Morgan fingerprint density at radius 2 is 1.78 bits per heavy atom. The molecule has 1 atom stereocenters. The number of carbonyl (C=O) groups is 1. The Morgan fingerprint density at radius 1 is 1.17 bits per heavy atom. The number of benzene rings is 1. The average molecular weight is 432 g/mol. The van der Waals surface area contributed by atoms with Crippen molar-refractivity contribution in [2.45, 2.75) is 26.8 Å². The Bertz CT molecular complexity index is 489. The third kappa shape index (κ3) is 8.78. The predicted octanol–water partition coefficient (Wildman–Crippen LogP) is 2.65. The van der Waals surface area contributed by atoms with E-state index >= 15 is 0 Å². The van der Waals surface area contributed by atoms with Gasteiger partial charge in [0.25, 0.3) is 0 Å². The van der Waals surface area contributed by atoms with Crippen LogP contribution in [0.25, 0.3) is 0 Å². The zero-order valence-corrected chi connectivity index (χ0v) is 17.0. The van der Waals surface area contributed by atoms with Gasteiger partial charge < -0.3 is 15.5 Å². The van der Waals surface area contributed by atoms with Crippen molar-refractivity contribution < 1.29 is 4.79 Å². The summed E-state index contributed by atoms with van der Waals surface area (Å²) in [5.74, 6) is 1.15. The van der Waals surface area contributed by atoms with Crippen LogP contribution in [0.15, 0.2) is 35.3 Å². The Kier molecular flexibility index (Phi) is 10.6. The van der Waals surface area contributed by atoms with E-state index in [1.165, 1.54) is 5.56 Å². The molecular formula is C17H29IN4O. The maximum Gasteiger partial charge on any atom is 0.243 e. The minimum Gasteiger partial charge on any atom is -0.356 e. The minimum atomic E-state index is -0.0157. The molecule has 6 heteroatoms. The molecule has 1 aromatic rings. The molecule has 0 aliphatic heterocycles. The van der Waals surface area contributed by atoms with Crippen LogP contribution in [-0.2, 0) is 4.79 Å². The van der Waals surface area contributed by atoms with E-state index in [1.807, 2.05) is 18.2 Å². The molecule has 1 aromatic carbocycles. The van der Waals surface area contributed by atoms with E-state index in [0.717, 1.165) is 6.54 Å². The number of carbonyl (C=O) groups excluding carboxylic acids is 1. The standard InChI is InChI=1S/C17H28N4O.HI/c1-13(2)11-18-17(19-12-16(22)21(4)5)20-14(3)15-9-7-6-8-10-15;/h6-10,13-14H,11-12H2,1-5H3,(H2,18,19,20);1H. The lowest BCUT2D eigenvalue weighted by Gasteiger charge is -2.20. The Labute approximate surface area is 157 Å². The first-order valence-corrected chi connectivity index (χ1v) is 7.70. The average Bonchev–Trinajstić information content (AvgIpc) is 2.50. The molecule has 0 bridgehead atoms. The molecule has 0 saturated carbocycles. The Balaban J connectivity index is 0.00000484. The van der Waals surface area contributed by atoms with Gasteiger partial charge in [0.2, 0.25) is 5.91 Å². The fourth-order valence-corrected chi connectivity index (χ4v) is 1.77. The van der Waals surface area contributed by atoms with E-state index in [0.29, 0.717) is 11.9 Å². The van der Waals surface area contributed by atoms with Crippen LogP contribution in [0, 0.1) is 5.92 Å². The summed E-state index contributed by atoms with van der Waals surface area (Å²) < 4.78 is 0. The van der Waals surface area contributed by atoms with Gasteiger partial charge in [0.1, 0.15) is 6.54 Å². The predicted molar refractivity (Wildman–Crippen MR) is 107 cm³/mol. The first-order valence-electron chi connectivity index (χ1n) is 7.70. The molecule has 1 amide bonds. The number of amides is 1. The summed E-state index contributed by atoms with van der Waals surface area (Å²) in [5, 5.41) is 6.63. The topological polar surface area (TPSA) is 56.7 Å². The summed E-state index contributed by atoms with van der Waals surface area (Å²) in [6, 6.07) is 10.3. The van der Waals surface area contributed by atoms with Crippen LogP contribution in [0.4, 0.5) is 0 Å². The van der Waals surface area contributed by atoms with Crippen molar-refractivity contribution in [3.05, 3.63) is 35.9 Å². The van der Waals surface area contributed by atoms with Crippen molar-refractivity contribution in [2.75, 3.05) is 27.2 Å². The van der Waals surface area contributed by atoms with Crippen LogP contribution < -0.4 is 10.6 Å². The molecule has 23 heavy (non-hydrogen) atoms. The van der Waals surface area contributed by atoms with E-state index in [4.69, 9.17) is 0 Å². The van der Waals surface area contributed by atoms with E-state index in [1.54, 1.807) is 19.0 Å². The van der Waals surface area contributed by atoms with Crippen LogP contribution in [0.1, 0.15) is 32.4 Å². The second-order valence-electron chi connectivity index (χ2n) is 6.00. The molecule has 0 aliphatic carbocycles. The van der Waals surface area contributed by atoms with Crippen molar-refractivity contribution in [2.24, 2.45) is 10.9 Å². The van der Waals surface area contributed by atoms with Gasteiger partial charge in [-0.25, -0.2) is 4.99 Å². The van der Waals surface area contributed by atoms with Crippen molar-refractivity contribution in [3.8, 4) is 0 Å². The normalized spacial score (nSPS) is 12.3. The maximum absolute atomic E-state index is 11.7. The number of halogens is 1. The number of rotatable bonds is 6. The van der Waals surface area contributed by atoms with Gasteiger partial charge in [-0.3, -0.25) is 4.79 Å². The highest BCUT2D eigenvalue weighted by Crippen LogP contribution is 2.10. The van der Waals surface area contributed by atoms with Gasteiger partial charge in [-0.15, -0.1) is 24.0 Å². The highest BCUT2D eigenvalue weighted by atomic mass is 127. The van der Waals surface area contributed by atoms with E-state index < -0.39 is 0 Å². The molecule has 0 spiro atoms. The molecule has 1 rings (SSSR count). The van der Waals surface area contributed by atoms with Gasteiger partial charge in [0.15, 0.2) is 5.96 Å². The first-order chi connectivity index (χ1) is 10.4. The lowest BCUT2D eigenvalue weighted by molar-refractivity contribution is -0.127. The minimum absolute atomic E-state index is 0. The van der Waals surface area contributed by atoms with Gasteiger partial charge in [-0.2, -0.15) is 0 Å². The zero-order chi connectivity index (χ0) is 16.5. The molecular weight excluding hydrogens is 403 g/mol. The molecule has 2 N–H and O–H groups in total. The lowest BCUT2D eigenvalue weighted by atomic mass is 10.1. The van der Waals surface area contributed by atoms with Crippen molar-refractivity contribution in [1.29, 1.82) is 0 Å². The molecule has 130 valence electrons. The van der Waals surface area contributed by atoms with E-state index in [-0.39, 0.29) is 42.5 Å². The van der Waals surface area contributed by atoms with Crippen LogP contribution in [0.2, 0.25) is 0 Å². The summed E-state index contributed by atoms with van der Waals surface area (Å²) in [5.41, 5.74) is 1.18. The fourth-order valence-electron chi connectivity index (χ4n) is 1.77. The number of likely N-dealkylation sites (N-methyl/N-ethyl adjacent to an activating group) is 1. The lowest BCUT2D eigenvalue weighted by Crippen LogP contribution is -2.41. The molecule has 0 aliphatic rings. The number of guanidine groups is 1. The second-order valence-corrected chi connectivity index (χ2v) is 6.00. The van der Waals surface area contributed by atoms with Crippen LogP contribution in [0.5, 0.6) is 0 Å². The van der Waals surface area contributed by atoms with Crippen molar-refractivity contribution in [1.82, 2.24) is 15.5 Å². The van der Waals surface area contributed by atoms with Gasteiger partial charge in [-0.1, -0.05) is 44.2 Å². The number of hydrogen-bond acceptors (Lipinski definition) is 2. The molecule has 0 aromatic heterocycles. The highest BCUT2D eigenvalue weighted by molar-refractivity contribution is 14.0. The zero-order valence-electron chi connectivity index (χ0n) is 14.7. The third-order valence-corrected chi connectivity index (χ3v) is 3.20. The Hall–Kier alpha value is -1.31. The fraction of sp³-hybridized carbons (Fsp3) is 0.529. The SMILES string of the molecule is CC(C)CNC(=NCC(=O)N(C)C)NC(C)c1ccccc1.I. The number of nitrogens with zero attached hydrogens (tertiary/aromatic N) is 2. The Morgan fingerprint density at radius 3 is 2.30 bits per heavy atom. The number of hydrogen-bond donors (Lipinski definition) is 2. The van der Waals surface area contributed by atoms with Crippen molar-refractivity contribution >= 4 is 35.8 Å². The summed E-state index contributed by atoms with van der Waals surface area (Å²) in [6.45, 7) is 7.30.